The van der Waals surface area contributed by atoms with Crippen LogP contribution in [0.5, 0.6) is 5.75 Å². The summed E-state index contributed by atoms with van der Waals surface area (Å²) in [5.74, 6) is -0.163. The van der Waals surface area contributed by atoms with Gasteiger partial charge in [-0.15, -0.1) is 0 Å². The minimum absolute atomic E-state index is 0.0117. The molecule has 4 nitrogen and oxygen atoms in total. The van der Waals surface area contributed by atoms with E-state index in [2.05, 4.69) is 0 Å². The average Bonchev–Trinajstić information content (AvgIpc) is 2.71. The van der Waals surface area contributed by atoms with Crippen molar-refractivity contribution in [3.05, 3.63) is 64.7 Å². The highest BCUT2D eigenvalue weighted by Gasteiger charge is 2.22. The van der Waals surface area contributed by atoms with Crippen LogP contribution in [-0.4, -0.2) is 25.0 Å². The number of ketones is 1. The van der Waals surface area contributed by atoms with Crippen molar-refractivity contribution in [2.75, 3.05) is 13.3 Å². The van der Waals surface area contributed by atoms with Crippen LogP contribution in [0.3, 0.4) is 0 Å². The summed E-state index contributed by atoms with van der Waals surface area (Å²) in [6.45, 7) is -0.634. The zero-order valence-corrected chi connectivity index (χ0v) is 12.4. The molecule has 0 unspecified atom stereocenters. The number of fused-ring (bicyclic) bond motifs is 2. The second kappa shape index (κ2) is 6.60. The van der Waals surface area contributed by atoms with E-state index in [1.807, 2.05) is 12.1 Å². The van der Waals surface area contributed by atoms with E-state index in [1.54, 1.807) is 30.3 Å². The van der Waals surface area contributed by atoms with Crippen molar-refractivity contribution in [3.63, 3.8) is 0 Å². The molecule has 23 heavy (non-hydrogen) atoms. The lowest BCUT2D eigenvalue weighted by Gasteiger charge is -2.08. The van der Waals surface area contributed by atoms with E-state index in [-0.39, 0.29) is 18.8 Å². The van der Waals surface area contributed by atoms with Crippen molar-refractivity contribution in [3.8, 4) is 5.75 Å². The highest BCUT2D eigenvalue weighted by molar-refractivity contribution is 6.12. The fraction of sp³-hybridized carbons (Fsp3) is 0.222. The van der Waals surface area contributed by atoms with Gasteiger partial charge in [0.05, 0.1) is 12.0 Å². The lowest BCUT2D eigenvalue weighted by molar-refractivity contribution is -0.143. The summed E-state index contributed by atoms with van der Waals surface area (Å²) in [6.07, 6.45) is -0.0117. The molecule has 3 rings (SSSR count). The summed E-state index contributed by atoms with van der Waals surface area (Å²) >= 11 is 0. The molecule has 118 valence electrons. The van der Waals surface area contributed by atoms with Gasteiger partial charge in [-0.25, -0.2) is 4.39 Å². The van der Waals surface area contributed by atoms with Gasteiger partial charge in [0.2, 0.25) is 0 Å². The number of halogens is 1. The molecule has 0 N–H and O–H groups in total. The number of rotatable bonds is 4. The van der Waals surface area contributed by atoms with Gasteiger partial charge in [0, 0.05) is 11.1 Å². The average molecular weight is 314 g/mol. The number of carbonyl (C=O) groups is 2. The molecular weight excluding hydrogens is 299 g/mol. The molecule has 1 aliphatic heterocycles. The Bertz CT molecular complexity index is 754. The Balaban J connectivity index is 1.88. The molecule has 0 amide bonds. The molecule has 0 spiro atoms. The Hall–Kier alpha value is -2.69. The van der Waals surface area contributed by atoms with E-state index in [1.165, 1.54) is 0 Å². The van der Waals surface area contributed by atoms with Gasteiger partial charge >= 0.3 is 5.97 Å². The lowest BCUT2D eigenvalue weighted by Crippen LogP contribution is -2.11. The highest BCUT2D eigenvalue weighted by Crippen LogP contribution is 2.29. The Morgan fingerprint density at radius 3 is 2.83 bits per heavy atom. The first kappa shape index (κ1) is 15.2. The maximum Gasteiger partial charge on any atom is 0.310 e. The molecular formula is C18H15FO4. The van der Waals surface area contributed by atoms with Gasteiger partial charge < -0.3 is 9.47 Å². The number of hydrogen-bond donors (Lipinski definition) is 0. The summed E-state index contributed by atoms with van der Waals surface area (Å²) < 4.78 is 22.4. The monoisotopic (exact) mass is 314 g/mol. The third kappa shape index (κ3) is 3.23. The summed E-state index contributed by atoms with van der Waals surface area (Å²) in [4.78, 5) is 24.3. The summed E-state index contributed by atoms with van der Waals surface area (Å²) in [7, 11) is 0. The molecule has 5 heteroatoms. The maximum absolute atomic E-state index is 12.7. The SMILES string of the molecule is O=C(Cc1ccc2c(c1)C(=O)c1ccccc1CO2)OCCF. The van der Waals surface area contributed by atoms with E-state index in [0.717, 1.165) is 5.56 Å². The van der Waals surface area contributed by atoms with Crippen LogP contribution in [0, 0.1) is 0 Å². The first-order chi connectivity index (χ1) is 11.2. The number of benzene rings is 2. The van der Waals surface area contributed by atoms with Gasteiger partial charge in [0.15, 0.2) is 5.78 Å². The van der Waals surface area contributed by atoms with Crippen LogP contribution < -0.4 is 4.74 Å². The quantitative estimate of drug-likeness (QED) is 0.814. The Kier molecular flexibility index (Phi) is 4.37. The van der Waals surface area contributed by atoms with Crippen LogP contribution in [0.25, 0.3) is 0 Å². The minimum atomic E-state index is -0.709. The topological polar surface area (TPSA) is 52.6 Å². The van der Waals surface area contributed by atoms with Crippen LogP contribution in [0.4, 0.5) is 4.39 Å². The molecule has 0 radical (unpaired) electrons. The smallest absolute Gasteiger partial charge is 0.310 e. The lowest BCUT2D eigenvalue weighted by atomic mass is 9.97. The van der Waals surface area contributed by atoms with E-state index >= 15 is 0 Å². The second-order valence-electron chi connectivity index (χ2n) is 5.19. The van der Waals surface area contributed by atoms with Crippen LogP contribution >= 0.6 is 0 Å². The summed E-state index contributed by atoms with van der Waals surface area (Å²) in [6, 6.07) is 12.3. The Labute approximate surface area is 132 Å². The number of esters is 1. The van der Waals surface area contributed by atoms with Crippen LogP contribution in [0.15, 0.2) is 42.5 Å². The molecule has 0 aromatic heterocycles. The van der Waals surface area contributed by atoms with Crippen LogP contribution in [-0.2, 0) is 22.6 Å². The van der Waals surface area contributed by atoms with Crippen molar-refractivity contribution in [2.45, 2.75) is 13.0 Å². The van der Waals surface area contributed by atoms with E-state index in [9.17, 15) is 14.0 Å². The van der Waals surface area contributed by atoms with Crippen molar-refractivity contribution >= 4 is 11.8 Å². The number of alkyl halides is 1. The fourth-order valence-corrected chi connectivity index (χ4v) is 2.53. The van der Waals surface area contributed by atoms with Gasteiger partial charge in [-0.3, -0.25) is 9.59 Å². The molecule has 0 atom stereocenters. The van der Waals surface area contributed by atoms with E-state index in [4.69, 9.17) is 9.47 Å². The Morgan fingerprint density at radius 2 is 2.00 bits per heavy atom. The van der Waals surface area contributed by atoms with Crippen LogP contribution in [0.2, 0.25) is 0 Å². The molecule has 1 heterocycles. The molecule has 2 aromatic carbocycles. The molecule has 0 aliphatic carbocycles. The molecule has 1 aliphatic rings. The summed E-state index contributed by atoms with van der Waals surface area (Å²) in [5, 5.41) is 0. The van der Waals surface area contributed by atoms with Gasteiger partial charge in [0.1, 0.15) is 25.6 Å². The van der Waals surface area contributed by atoms with Crippen molar-refractivity contribution in [1.29, 1.82) is 0 Å². The van der Waals surface area contributed by atoms with Crippen molar-refractivity contribution in [1.82, 2.24) is 0 Å². The standard InChI is InChI=1S/C18H15FO4/c19-7-8-22-17(20)10-12-5-6-16-15(9-12)18(21)14-4-2-1-3-13(14)11-23-16/h1-6,9H,7-8,10-11H2. The third-order valence-corrected chi connectivity index (χ3v) is 3.62. The zero-order valence-electron chi connectivity index (χ0n) is 12.4. The first-order valence-corrected chi connectivity index (χ1v) is 7.29. The number of carbonyl (C=O) groups excluding carboxylic acids is 2. The molecule has 0 bridgehead atoms. The zero-order chi connectivity index (χ0) is 16.2. The molecule has 2 aromatic rings. The second-order valence-corrected chi connectivity index (χ2v) is 5.19. The van der Waals surface area contributed by atoms with Gasteiger partial charge in [0.25, 0.3) is 0 Å². The van der Waals surface area contributed by atoms with Crippen molar-refractivity contribution < 1.29 is 23.5 Å². The van der Waals surface area contributed by atoms with E-state index < -0.39 is 12.6 Å². The third-order valence-electron chi connectivity index (χ3n) is 3.62. The largest absolute Gasteiger partial charge is 0.488 e. The predicted octanol–water partition coefficient (Wildman–Crippen LogP) is 2.87. The first-order valence-electron chi connectivity index (χ1n) is 7.29. The Morgan fingerprint density at radius 1 is 1.17 bits per heavy atom. The number of hydrogen-bond acceptors (Lipinski definition) is 4. The normalized spacial score (nSPS) is 12.7. The van der Waals surface area contributed by atoms with E-state index in [0.29, 0.717) is 29.0 Å². The van der Waals surface area contributed by atoms with Gasteiger partial charge in [-0.1, -0.05) is 30.3 Å². The molecule has 0 fully saturated rings. The summed E-state index contributed by atoms with van der Waals surface area (Å²) in [5.41, 5.74) is 2.48. The molecule has 0 saturated heterocycles. The van der Waals surface area contributed by atoms with Crippen molar-refractivity contribution in [2.24, 2.45) is 0 Å². The fourth-order valence-electron chi connectivity index (χ4n) is 2.53. The predicted molar refractivity (Wildman–Crippen MR) is 81.3 cm³/mol. The number of ether oxygens (including phenoxy) is 2. The van der Waals surface area contributed by atoms with Crippen LogP contribution in [0.1, 0.15) is 27.0 Å². The maximum atomic E-state index is 12.7. The van der Waals surface area contributed by atoms with Gasteiger partial charge in [-0.05, 0) is 17.7 Å². The van der Waals surface area contributed by atoms with Gasteiger partial charge in [-0.2, -0.15) is 0 Å². The molecule has 0 saturated carbocycles. The minimum Gasteiger partial charge on any atom is -0.488 e. The highest BCUT2D eigenvalue weighted by atomic mass is 19.1.